The van der Waals surface area contributed by atoms with Crippen LogP contribution in [0.15, 0.2) is 43.8 Å². The minimum Gasteiger partial charge on any atom is -0.491 e. The molecule has 0 fully saturated rings. The van der Waals surface area contributed by atoms with E-state index in [1.54, 1.807) is 6.07 Å². The molecular weight excluding hydrogens is 328 g/mol. The molecule has 0 unspecified atom stereocenters. The van der Waals surface area contributed by atoms with E-state index in [0.717, 1.165) is 11.2 Å². The molecule has 1 aromatic heterocycles. The Bertz CT molecular complexity index is 945. The Balaban J connectivity index is 1.93. The van der Waals surface area contributed by atoms with Crippen molar-refractivity contribution in [2.75, 3.05) is 12.9 Å². The molecule has 1 atom stereocenters. The zero-order valence-corrected chi connectivity index (χ0v) is 13.1. The van der Waals surface area contributed by atoms with Crippen LogP contribution < -0.4 is 15.9 Å². The van der Waals surface area contributed by atoms with E-state index in [9.17, 15) is 18.0 Å². The maximum absolute atomic E-state index is 11.5. The Morgan fingerprint density at radius 2 is 2.05 bits per heavy atom. The normalized spacial score (nSPS) is 17.6. The van der Waals surface area contributed by atoms with Gasteiger partial charge in [-0.1, -0.05) is 0 Å². The molecule has 1 aliphatic heterocycles. The molecule has 0 saturated carbocycles. The van der Waals surface area contributed by atoms with Gasteiger partial charge in [0.15, 0.2) is 9.84 Å². The molecule has 9 heteroatoms. The van der Waals surface area contributed by atoms with Gasteiger partial charge in [0.25, 0.3) is 0 Å². The highest BCUT2D eigenvalue weighted by molar-refractivity contribution is 7.99. The van der Waals surface area contributed by atoms with E-state index in [0.29, 0.717) is 11.4 Å². The Hall–Kier alpha value is -2.00. The summed E-state index contributed by atoms with van der Waals surface area (Å²) in [6, 6.07) is 4.68. The Morgan fingerprint density at radius 3 is 2.73 bits per heavy atom. The number of hydrogen-bond donors (Lipinski definition) is 2. The fourth-order valence-corrected chi connectivity index (χ4v) is 3.75. The first-order valence-electron chi connectivity index (χ1n) is 6.30. The minimum atomic E-state index is -3.29. The number of ether oxygens (including phenoxy) is 1. The third-order valence-corrected chi connectivity index (χ3v) is 5.55. The van der Waals surface area contributed by atoms with Crippen LogP contribution in [0.4, 0.5) is 0 Å². The first-order chi connectivity index (χ1) is 10.3. The van der Waals surface area contributed by atoms with Gasteiger partial charge in [-0.15, -0.1) is 11.8 Å². The van der Waals surface area contributed by atoms with Crippen LogP contribution in [0.2, 0.25) is 0 Å². The van der Waals surface area contributed by atoms with Crippen LogP contribution in [0, 0.1) is 0 Å². The molecule has 0 bridgehead atoms. The summed E-state index contributed by atoms with van der Waals surface area (Å²) in [6.45, 7) is 0.257. The molecule has 0 spiro atoms. The lowest BCUT2D eigenvalue weighted by atomic mass is 10.3. The summed E-state index contributed by atoms with van der Waals surface area (Å²) in [7, 11) is -3.29. The van der Waals surface area contributed by atoms with Crippen molar-refractivity contribution in [3.05, 3.63) is 50.8 Å². The lowest BCUT2D eigenvalue weighted by Gasteiger charge is -2.24. The molecule has 0 aliphatic carbocycles. The van der Waals surface area contributed by atoms with Gasteiger partial charge in [-0.25, -0.2) is 8.42 Å². The number of sulfone groups is 1. The van der Waals surface area contributed by atoms with Crippen LogP contribution >= 0.6 is 11.8 Å². The van der Waals surface area contributed by atoms with Crippen LogP contribution in [0.25, 0.3) is 0 Å². The van der Waals surface area contributed by atoms with E-state index in [1.165, 1.54) is 30.1 Å². The van der Waals surface area contributed by atoms with Gasteiger partial charge in [-0.2, -0.15) is 0 Å². The number of fused-ring (bicyclic) bond motifs is 1. The van der Waals surface area contributed by atoms with Crippen LogP contribution in [-0.2, 0) is 9.84 Å². The van der Waals surface area contributed by atoms with E-state index >= 15 is 0 Å². The van der Waals surface area contributed by atoms with Crippen molar-refractivity contribution in [2.45, 2.75) is 15.0 Å². The molecule has 0 saturated heterocycles. The maximum Gasteiger partial charge on any atom is 0.313 e. The SMILES string of the molecule is CS(=O)(=O)c1ccc2c(c1)OC[C@@H](c1c[nH]c(=O)c(=O)[nH]1)S2. The molecule has 1 aliphatic rings. The second-order valence-electron chi connectivity index (χ2n) is 4.83. The largest absolute Gasteiger partial charge is 0.491 e. The van der Waals surface area contributed by atoms with Crippen LogP contribution in [-0.4, -0.2) is 31.2 Å². The van der Waals surface area contributed by atoms with Gasteiger partial charge >= 0.3 is 11.1 Å². The number of aromatic nitrogens is 2. The molecule has 2 heterocycles. The highest BCUT2D eigenvalue weighted by Gasteiger charge is 2.24. The Kier molecular flexibility index (Phi) is 3.61. The molecule has 0 amide bonds. The minimum absolute atomic E-state index is 0.193. The molecular formula is C13H12N2O5S2. The van der Waals surface area contributed by atoms with Crippen LogP contribution in [0.1, 0.15) is 10.9 Å². The fraction of sp³-hybridized carbons (Fsp3) is 0.231. The highest BCUT2D eigenvalue weighted by atomic mass is 32.2. The molecule has 7 nitrogen and oxygen atoms in total. The van der Waals surface area contributed by atoms with Crippen molar-refractivity contribution in [1.82, 2.24) is 9.97 Å². The maximum atomic E-state index is 11.5. The lowest BCUT2D eigenvalue weighted by Crippen LogP contribution is -2.31. The van der Waals surface area contributed by atoms with E-state index < -0.39 is 21.0 Å². The summed E-state index contributed by atoms with van der Waals surface area (Å²) in [5.41, 5.74) is -0.868. The molecule has 116 valence electrons. The molecule has 1 aromatic carbocycles. The fourth-order valence-electron chi connectivity index (χ4n) is 2.04. The van der Waals surface area contributed by atoms with E-state index in [-0.39, 0.29) is 16.8 Å². The van der Waals surface area contributed by atoms with Crippen molar-refractivity contribution >= 4 is 21.6 Å². The molecule has 0 radical (unpaired) electrons. The average Bonchev–Trinajstić information content (AvgIpc) is 2.48. The smallest absolute Gasteiger partial charge is 0.313 e. The van der Waals surface area contributed by atoms with Gasteiger partial charge in [0.05, 0.1) is 20.7 Å². The van der Waals surface area contributed by atoms with Crippen molar-refractivity contribution < 1.29 is 13.2 Å². The third-order valence-electron chi connectivity index (χ3n) is 3.17. The highest BCUT2D eigenvalue weighted by Crippen LogP contribution is 2.44. The molecule has 22 heavy (non-hydrogen) atoms. The van der Waals surface area contributed by atoms with Crippen molar-refractivity contribution in [2.24, 2.45) is 0 Å². The van der Waals surface area contributed by atoms with Gasteiger partial charge in [-0.05, 0) is 18.2 Å². The predicted molar refractivity (Wildman–Crippen MR) is 81.3 cm³/mol. The van der Waals surface area contributed by atoms with E-state index in [2.05, 4.69) is 9.97 Å². The number of rotatable bonds is 2. The number of nitrogens with one attached hydrogen (secondary N) is 2. The van der Waals surface area contributed by atoms with Crippen molar-refractivity contribution in [3.63, 3.8) is 0 Å². The summed E-state index contributed by atoms with van der Waals surface area (Å²) in [6.07, 6.45) is 2.58. The van der Waals surface area contributed by atoms with Gasteiger partial charge in [0, 0.05) is 12.5 Å². The summed E-state index contributed by atoms with van der Waals surface area (Å²) < 4.78 is 28.7. The second-order valence-corrected chi connectivity index (χ2v) is 8.09. The summed E-state index contributed by atoms with van der Waals surface area (Å²) in [4.78, 5) is 28.3. The van der Waals surface area contributed by atoms with Gasteiger partial charge in [-0.3, -0.25) is 9.59 Å². The molecule has 3 rings (SSSR count). The summed E-state index contributed by atoms with van der Waals surface area (Å²) >= 11 is 1.43. The number of thioether (sulfide) groups is 1. The summed E-state index contributed by atoms with van der Waals surface area (Å²) in [5, 5.41) is -0.193. The van der Waals surface area contributed by atoms with Gasteiger partial charge in [0.2, 0.25) is 0 Å². The summed E-state index contributed by atoms with van der Waals surface area (Å²) in [5.74, 6) is 0.496. The Morgan fingerprint density at radius 1 is 1.27 bits per heavy atom. The van der Waals surface area contributed by atoms with Crippen LogP contribution in [0.5, 0.6) is 5.75 Å². The number of benzene rings is 1. The average molecular weight is 340 g/mol. The first-order valence-corrected chi connectivity index (χ1v) is 9.07. The van der Waals surface area contributed by atoms with Gasteiger partial charge < -0.3 is 14.7 Å². The zero-order valence-electron chi connectivity index (χ0n) is 11.5. The monoisotopic (exact) mass is 340 g/mol. The van der Waals surface area contributed by atoms with Gasteiger partial charge in [0.1, 0.15) is 12.4 Å². The quantitative estimate of drug-likeness (QED) is 0.779. The van der Waals surface area contributed by atoms with E-state index in [4.69, 9.17) is 4.74 Å². The molecule has 2 N–H and O–H groups in total. The Labute approximate surface area is 129 Å². The van der Waals surface area contributed by atoms with Crippen molar-refractivity contribution in [1.29, 1.82) is 0 Å². The topological polar surface area (TPSA) is 109 Å². The van der Waals surface area contributed by atoms with Crippen LogP contribution in [0.3, 0.4) is 0 Å². The number of hydrogen-bond acceptors (Lipinski definition) is 6. The number of H-pyrrole nitrogens is 2. The zero-order chi connectivity index (χ0) is 15.9. The van der Waals surface area contributed by atoms with Crippen molar-refractivity contribution in [3.8, 4) is 5.75 Å². The standard InChI is InChI=1S/C13H12N2O5S2/c1-22(18,19)7-2-3-10-9(4-7)20-6-11(21-10)8-5-14-12(16)13(17)15-8/h2-5,11H,6H2,1H3,(H,14,16)(H,15,17)/t11-/m0/s1. The number of aromatic amines is 2. The third kappa shape index (κ3) is 2.81. The predicted octanol–water partition coefficient (Wildman–Crippen LogP) is 0.693. The first kappa shape index (κ1) is 14.9. The lowest BCUT2D eigenvalue weighted by molar-refractivity contribution is 0.301. The van der Waals surface area contributed by atoms with E-state index in [1.807, 2.05) is 0 Å². The second kappa shape index (κ2) is 5.33. The molecule has 2 aromatic rings.